The maximum atomic E-state index is 11.9. The van der Waals surface area contributed by atoms with E-state index in [1.807, 2.05) is 17.9 Å². The summed E-state index contributed by atoms with van der Waals surface area (Å²) in [6, 6.07) is 0.0921. The van der Waals surface area contributed by atoms with Crippen LogP contribution >= 0.6 is 0 Å². The third-order valence-electron chi connectivity index (χ3n) is 5.64. The minimum Gasteiger partial charge on any atom is -0.475 e. The van der Waals surface area contributed by atoms with E-state index < -0.39 is 12.1 Å². The van der Waals surface area contributed by atoms with E-state index in [4.69, 9.17) is 19.4 Å². The number of ether oxygens (including phenoxy) is 2. The first-order valence-corrected chi connectivity index (χ1v) is 9.92. The Morgan fingerprint density at radius 2 is 2.00 bits per heavy atom. The van der Waals surface area contributed by atoms with Gasteiger partial charge >= 0.3 is 12.1 Å². The normalized spacial score (nSPS) is 21.3. The Kier molecular flexibility index (Phi) is 8.83. The molecule has 2 N–H and O–H groups in total. The number of aliphatic carboxylic acids is 1. The van der Waals surface area contributed by atoms with Crippen molar-refractivity contribution < 1.29 is 37.3 Å². The summed E-state index contributed by atoms with van der Waals surface area (Å²) in [5.41, 5.74) is 1.41. The highest BCUT2D eigenvalue weighted by Gasteiger charge is 2.44. The molecule has 1 aromatic rings. The maximum absolute atomic E-state index is 11.9. The molecule has 3 heterocycles. The SMILES string of the molecule is COCC(=O)NC1COCCC12CCN(Cc1cnn(C)c1)CC2.O=C(O)C(F)(F)F. The molecule has 3 rings (SSSR count). The van der Waals surface area contributed by atoms with Crippen LogP contribution in [0.2, 0.25) is 0 Å². The second-order valence-corrected chi connectivity index (χ2v) is 7.84. The van der Waals surface area contributed by atoms with Crippen molar-refractivity contribution in [3.63, 3.8) is 0 Å². The van der Waals surface area contributed by atoms with Crippen LogP contribution in [0, 0.1) is 5.41 Å². The first kappa shape index (κ1) is 25.1. The van der Waals surface area contributed by atoms with Crippen molar-refractivity contribution in [2.75, 3.05) is 40.0 Å². The number of carbonyl (C=O) groups is 2. The number of rotatable bonds is 5. The van der Waals surface area contributed by atoms with Gasteiger partial charge in [-0.05, 0) is 37.8 Å². The molecule has 1 unspecified atom stereocenters. The average molecular weight is 450 g/mol. The molecule has 0 radical (unpaired) electrons. The highest BCUT2D eigenvalue weighted by Crippen LogP contribution is 2.41. The largest absolute Gasteiger partial charge is 0.490 e. The van der Waals surface area contributed by atoms with Gasteiger partial charge in [-0.25, -0.2) is 4.79 Å². The fraction of sp³-hybridized carbons (Fsp3) is 0.737. The first-order valence-electron chi connectivity index (χ1n) is 9.92. The van der Waals surface area contributed by atoms with Gasteiger partial charge in [-0.15, -0.1) is 0 Å². The minimum absolute atomic E-state index is 0.0508. The molecule has 12 heteroatoms. The number of carbonyl (C=O) groups excluding carboxylic acids is 1. The molecular formula is C19H29F3N4O5. The number of halogens is 3. The van der Waals surface area contributed by atoms with E-state index >= 15 is 0 Å². The highest BCUT2D eigenvalue weighted by atomic mass is 19.4. The number of carboxylic acid groups (broad SMARTS) is 1. The topological polar surface area (TPSA) is 106 Å². The van der Waals surface area contributed by atoms with E-state index in [9.17, 15) is 18.0 Å². The van der Waals surface area contributed by atoms with Gasteiger partial charge in [0.1, 0.15) is 6.61 Å². The van der Waals surface area contributed by atoms with Gasteiger partial charge in [0.05, 0.1) is 18.8 Å². The van der Waals surface area contributed by atoms with Gasteiger partial charge in [0.15, 0.2) is 0 Å². The van der Waals surface area contributed by atoms with Gasteiger partial charge in [-0.3, -0.25) is 14.4 Å². The Morgan fingerprint density at radius 3 is 2.52 bits per heavy atom. The number of aromatic nitrogens is 2. The zero-order valence-corrected chi connectivity index (χ0v) is 17.7. The van der Waals surface area contributed by atoms with Gasteiger partial charge < -0.3 is 19.9 Å². The summed E-state index contributed by atoms with van der Waals surface area (Å²) >= 11 is 0. The van der Waals surface area contributed by atoms with Crippen LogP contribution in [0.3, 0.4) is 0 Å². The van der Waals surface area contributed by atoms with Crippen LogP contribution in [-0.4, -0.2) is 83.9 Å². The molecule has 0 aliphatic carbocycles. The van der Waals surface area contributed by atoms with Crippen LogP contribution in [0.25, 0.3) is 0 Å². The number of methoxy groups -OCH3 is 1. The molecule has 176 valence electrons. The van der Waals surface area contributed by atoms with Crippen LogP contribution in [0.1, 0.15) is 24.8 Å². The Morgan fingerprint density at radius 1 is 1.35 bits per heavy atom. The quantitative estimate of drug-likeness (QED) is 0.694. The van der Waals surface area contributed by atoms with Crippen molar-refractivity contribution in [3.05, 3.63) is 18.0 Å². The number of nitrogens with zero attached hydrogens (tertiary/aromatic N) is 3. The van der Waals surface area contributed by atoms with Crippen molar-refractivity contribution in [1.82, 2.24) is 20.0 Å². The molecule has 0 bridgehead atoms. The van der Waals surface area contributed by atoms with Crippen molar-refractivity contribution in [2.24, 2.45) is 12.5 Å². The highest BCUT2D eigenvalue weighted by molar-refractivity contribution is 5.77. The molecular weight excluding hydrogens is 421 g/mol. The zero-order chi connectivity index (χ0) is 23.1. The standard InChI is InChI=1S/C17H28N4O3.C2HF3O2/c1-20-10-14(9-18-20)11-21-6-3-17(4-7-21)5-8-24-12-15(17)19-16(22)13-23-2;3-2(4,5)1(6)7/h9-10,15H,3-8,11-13H2,1-2H3,(H,19,22);(H,6,7). The van der Waals surface area contributed by atoms with Crippen LogP contribution < -0.4 is 5.32 Å². The average Bonchev–Trinajstić information content (AvgIpc) is 3.10. The molecule has 31 heavy (non-hydrogen) atoms. The number of nitrogens with one attached hydrogen (secondary N) is 1. The molecule has 1 atom stereocenters. The monoisotopic (exact) mass is 450 g/mol. The van der Waals surface area contributed by atoms with Gasteiger partial charge in [0.2, 0.25) is 5.91 Å². The van der Waals surface area contributed by atoms with Crippen molar-refractivity contribution in [2.45, 2.75) is 38.0 Å². The van der Waals surface area contributed by atoms with E-state index in [0.29, 0.717) is 6.61 Å². The van der Waals surface area contributed by atoms with Crippen molar-refractivity contribution in [1.29, 1.82) is 0 Å². The maximum Gasteiger partial charge on any atom is 0.490 e. The smallest absolute Gasteiger partial charge is 0.475 e. The number of aryl methyl sites for hydroxylation is 1. The second kappa shape index (κ2) is 10.9. The van der Waals surface area contributed by atoms with Crippen LogP contribution in [0.15, 0.2) is 12.4 Å². The molecule has 0 saturated carbocycles. The van der Waals surface area contributed by atoms with E-state index in [0.717, 1.165) is 45.5 Å². The van der Waals surface area contributed by atoms with Crippen LogP contribution in [0.5, 0.6) is 0 Å². The number of carboxylic acids is 1. The Bertz CT molecular complexity index is 732. The second-order valence-electron chi connectivity index (χ2n) is 7.84. The number of hydrogen-bond donors (Lipinski definition) is 2. The Balaban J connectivity index is 0.000000423. The van der Waals surface area contributed by atoms with Crippen molar-refractivity contribution in [3.8, 4) is 0 Å². The predicted molar refractivity (Wildman–Crippen MR) is 103 cm³/mol. The molecule has 0 aromatic carbocycles. The van der Waals surface area contributed by atoms with E-state index in [2.05, 4.69) is 21.5 Å². The molecule has 2 saturated heterocycles. The summed E-state index contributed by atoms with van der Waals surface area (Å²) in [5.74, 6) is -2.81. The fourth-order valence-corrected chi connectivity index (χ4v) is 3.96. The molecule has 2 fully saturated rings. The molecule has 1 aromatic heterocycles. The van der Waals surface area contributed by atoms with E-state index in [1.54, 1.807) is 7.11 Å². The molecule has 1 amide bonds. The molecule has 1 spiro atoms. The van der Waals surface area contributed by atoms with Crippen molar-refractivity contribution >= 4 is 11.9 Å². The fourth-order valence-electron chi connectivity index (χ4n) is 3.96. The van der Waals surface area contributed by atoms with Gasteiger partial charge in [0, 0.05) is 39.1 Å². The van der Waals surface area contributed by atoms with Gasteiger partial charge in [-0.1, -0.05) is 0 Å². The Hall–Kier alpha value is -2.18. The van der Waals surface area contributed by atoms with E-state index in [1.165, 1.54) is 5.56 Å². The summed E-state index contributed by atoms with van der Waals surface area (Å²) in [4.78, 5) is 23.3. The third-order valence-corrected chi connectivity index (χ3v) is 5.64. The molecule has 9 nitrogen and oxygen atoms in total. The lowest BCUT2D eigenvalue weighted by atomic mass is 9.69. The number of amides is 1. The molecule has 2 aliphatic rings. The third kappa shape index (κ3) is 7.47. The summed E-state index contributed by atoms with van der Waals surface area (Å²) in [7, 11) is 3.49. The van der Waals surface area contributed by atoms with Crippen LogP contribution in [-0.2, 0) is 32.7 Å². The summed E-state index contributed by atoms with van der Waals surface area (Å²) in [6.45, 7) is 4.55. The molecule has 2 aliphatic heterocycles. The summed E-state index contributed by atoms with van der Waals surface area (Å²) in [5, 5.41) is 14.5. The lowest BCUT2D eigenvalue weighted by Crippen LogP contribution is -2.57. The minimum atomic E-state index is -5.08. The van der Waals surface area contributed by atoms with Gasteiger partial charge in [-0.2, -0.15) is 18.3 Å². The zero-order valence-electron chi connectivity index (χ0n) is 17.7. The number of likely N-dealkylation sites (tertiary alicyclic amines) is 1. The first-order chi connectivity index (χ1) is 14.6. The Labute approximate surface area is 178 Å². The number of piperidine rings is 1. The number of hydrogen-bond acceptors (Lipinski definition) is 6. The van der Waals surface area contributed by atoms with Crippen LogP contribution in [0.4, 0.5) is 13.2 Å². The lowest BCUT2D eigenvalue weighted by Gasteiger charge is -2.49. The number of alkyl halides is 3. The van der Waals surface area contributed by atoms with E-state index in [-0.39, 0.29) is 24.0 Å². The lowest BCUT2D eigenvalue weighted by molar-refractivity contribution is -0.192. The summed E-state index contributed by atoms with van der Waals surface area (Å²) in [6.07, 6.45) is 2.13. The summed E-state index contributed by atoms with van der Waals surface area (Å²) < 4.78 is 44.2. The predicted octanol–water partition coefficient (Wildman–Crippen LogP) is 1.19. The van der Waals surface area contributed by atoms with Gasteiger partial charge in [0.25, 0.3) is 0 Å².